The quantitative estimate of drug-likeness (QED) is 0.728. The largest absolute Gasteiger partial charge is 0.445 e. The van der Waals surface area contributed by atoms with Crippen molar-refractivity contribution in [1.29, 1.82) is 0 Å². The summed E-state index contributed by atoms with van der Waals surface area (Å²) in [6.07, 6.45) is -10.9. The molecule has 2 heterocycles. The van der Waals surface area contributed by atoms with E-state index in [9.17, 15) is 35.9 Å². The van der Waals surface area contributed by atoms with Gasteiger partial charge in [-0.2, -0.15) is 31.4 Å². The molecule has 168 valence electrons. The van der Waals surface area contributed by atoms with Gasteiger partial charge in [0, 0.05) is 13.6 Å². The van der Waals surface area contributed by atoms with Gasteiger partial charge < -0.3 is 15.0 Å². The Balaban J connectivity index is 1.71. The summed E-state index contributed by atoms with van der Waals surface area (Å²) in [5, 5.41) is 6.50. The van der Waals surface area contributed by atoms with E-state index in [1.807, 2.05) is 0 Å². The minimum atomic E-state index is -4.99. The number of aromatic nitrogens is 2. The van der Waals surface area contributed by atoms with Gasteiger partial charge in [-0.25, -0.2) is 4.79 Å². The Morgan fingerprint density at radius 2 is 1.65 bits per heavy atom. The second-order valence-corrected chi connectivity index (χ2v) is 6.71. The smallest absolute Gasteiger partial charge is 0.416 e. The number of hydrogen-bond acceptors (Lipinski definition) is 4. The van der Waals surface area contributed by atoms with E-state index in [1.54, 1.807) is 0 Å². The summed E-state index contributed by atoms with van der Waals surface area (Å²) >= 11 is 0. The zero-order valence-corrected chi connectivity index (χ0v) is 16.0. The molecule has 0 atom stereocenters. The van der Waals surface area contributed by atoms with Gasteiger partial charge in [0.2, 0.25) is 0 Å². The standard InChI is InChI=1S/C18H16F6N4O3/c1-25-15(29)14-7-13-8-27(2-3-28(13)26-14)16(30)31-9-10-4-11(17(19,20)21)6-12(5-10)18(22,23)24/h4-7H,2-3,8-9H2,1H3,(H,25,29). The Morgan fingerprint density at radius 3 is 2.19 bits per heavy atom. The molecule has 1 aromatic heterocycles. The Morgan fingerprint density at radius 1 is 1.03 bits per heavy atom. The molecule has 2 aromatic rings. The van der Waals surface area contributed by atoms with Crippen molar-refractivity contribution in [3.05, 3.63) is 52.3 Å². The average Bonchev–Trinajstić information content (AvgIpc) is 3.13. The van der Waals surface area contributed by atoms with Crippen molar-refractivity contribution in [3.63, 3.8) is 0 Å². The number of carbonyl (C=O) groups is 2. The fourth-order valence-electron chi connectivity index (χ4n) is 3.00. The van der Waals surface area contributed by atoms with Gasteiger partial charge in [0.05, 0.1) is 29.9 Å². The number of nitrogens with zero attached hydrogens (tertiary/aromatic N) is 3. The van der Waals surface area contributed by atoms with Crippen LogP contribution in [0.3, 0.4) is 0 Å². The summed E-state index contributed by atoms with van der Waals surface area (Å²) in [6, 6.07) is 2.48. The van der Waals surface area contributed by atoms with Crippen LogP contribution in [0.4, 0.5) is 31.1 Å². The highest BCUT2D eigenvalue weighted by Gasteiger charge is 2.37. The minimum Gasteiger partial charge on any atom is -0.445 e. The number of carbonyl (C=O) groups excluding carboxylic acids is 2. The normalized spacial score (nSPS) is 14.2. The number of nitrogens with one attached hydrogen (secondary N) is 1. The first-order valence-electron chi connectivity index (χ1n) is 8.87. The van der Waals surface area contributed by atoms with Gasteiger partial charge in [-0.1, -0.05) is 0 Å². The monoisotopic (exact) mass is 450 g/mol. The molecule has 0 radical (unpaired) electrons. The van der Waals surface area contributed by atoms with Crippen LogP contribution in [-0.2, 0) is 36.8 Å². The maximum absolute atomic E-state index is 12.9. The lowest BCUT2D eigenvalue weighted by Crippen LogP contribution is -2.38. The second kappa shape index (κ2) is 8.12. The number of rotatable bonds is 3. The first-order chi connectivity index (χ1) is 14.4. The van der Waals surface area contributed by atoms with E-state index in [4.69, 9.17) is 4.74 Å². The molecule has 2 amide bonds. The summed E-state index contributed by atoms with van der Waals surface area (Å²) in [7, 11) is 1.43. The van der Waals surface area contributed by atoms with Crippen LogP contribution in [-0.4, -0.2) is 40.3 Å². The first kappa shape index (κ1) is 22.4. The van der Waals surface area contributed by atoms with E-state index < -0.39 is 47.7 Å². The third kappa shape index (κ3) is 5.09. The van der Waals surface area contributed by atoms with Crippen molar-refractivity contribution in [2.75, 3.05) is 13.6 Å². The van der Waals surface area contributed by atoms with Crippen molar-refractivity contribution in [1.82, 2.24) is 20.0 Å². The summed E-state index contributed by atoms with van der Waals surface area (Å²) < 4.78 is 84.0. The van der Waals surface area contributed by atoms with Crippen LogP contribution >= 0.6 is 0 Å². The van der Waals surface area contributed by atoms with Crippen LogP contribution < -0.4 is 5.32 Å². The van der Waals surface area contributed by atoms with E-state index in [1.165, 1.54) is 22.7 Å². The lowest BCUT2D eigenvalue weighted by atomic mass is 10.1. The molecule has 1 aliphatic rings. The Bertz CT molecular complexity index is 967. The van der Waals surface area contributed by atoms with Crippen LogP contribution in [0.1, 0.15) is 32.9 Å². The van der Waals surface area contributed by atoms with Gasteiger partial charge in [0.15, 0.2) is 5.69 Å². The van der Waals surface area contributed by atoms with E-state index in [0.717, 1.165) is 0 Å². The van der Waals surface area contributed by atoms with E-state index in [-0.39, 0.29) is 31.4 Å². The number of fused-ring (bicyclic) bond motifs is 1. The third-order valence-electron chi connectivity index (χ3n) is 4.53. The molecule has 0 unspecified atom stereocenters. The highest BCUT2D eigenvalue weighted by Crippen LogP contribution is 2.36. The maximum Gasteiger partial charge on any atom is 0.416 e. The van der Waals surface area contributed by atoms with Gasteiger partial charge >= 0.3 is 18.4 Å². The lowest BCUT2D eigenvalue weighted by Gasteiger charge is -2.27. The topological polar surface area (TPSA) is 76.5 Å². The Hall–Kier alpha value is -3.25. The predicted octanol–water partition coefficient (Wildman–Crippen LogP) is 3.43. The van der Waals surface area contributed by atoms with Gasteiger partial charge in [0.1, 0.15) is 6.61 Å². The third-order valence-corrected chi connectivity index (χ3v) is 4.53. The molecule has 1 aliphatic heterocycles. The molecule has 0 saturated carbocycles. The minimum absolute atomic E-state index is 0.00114. The van der Waals surface area contributed by atoms with Gasteiger partial charge in [0.25, 0.3) is 5.91 Å². The van der Waals surface area contributed by atoms with Crippen LogP contribution in [0.25, 0.3) is 0 Å². The SMILES string of the molecule is CNC(=O)c1cc2n(n1)CCN(C(=O)OCc1cc(C(F)(F)F)cc(C(F)(F)F)c1)C2. The van der Waals surface area contributed by atoms with Crippen molar-refractivity contribution < 1.29 is 40.7 Å². The summed E-state index contributed by atoms with van der Waals surface area (Å²) in [6.45, 7) is -0.384. The molecule has 3 rings (SSSR count). The van der Waals surface area contributed by atoms with E-state index >= 15 is 0 Å². The van der Waals surface area contributed by atoms with Crippen LogP contribution in [0.5, 0.6) is 0 Å². The highest BCUT2D eigenvalue weighted by molar-refractivity contribution is 5.92. The Labute approximate surface area is 171 Å². The predicted molar refractivity (Wildman–Crippen MR) is 92.7 cm³/mol. The van der Waals surface area contributed by atoms with E-state index in [0.29, 0.717) is 17.8 Å². The Kier molecular flexibility index (Phi) is 5.87. The summed E-state index contributed by atoms with van der Waals surface area (Å²) in [5.41, 5.74) is -2.75. The van der Waals surface area contributed by atoms with Crippen molar-refractivity contribution in [2.24, 2.45) is 0 Å². The number of ether oxygens (including phenoxy) is 1. The number of hydrogen-bond donors (Lipinski definition) is 1. The zero-order valence-electron chi connectivity index (χ0n) is 16.0. The highest BCUT2D eigenvalue weighted by atomic mass is 19.4. The molecule has 0 spiro atoms. The van der Waals surface area contributed by atoms with Crippen LogP contribution in [0.15, 0.2) is 24.3 Å². The number of alkyl halides is 6. The van der Waals surface area contributed by atoms with Crippen molar-refractivity contribution in [2.45, 2.75) is 32.0 Å². The molecule has 0 aliphatic carbocycles. The van der Waals surface area contributed by atoms with Gasteiger partial charge in [-0.05, 0) is 29.8 Å². The van der Waals surface area contributed by atoms with Crippen LogP contribution in [0, 0.1) is 0 Å². The van der Waals surface area contributed by atoms with Crippen molar-refractivity contribution >= 4 is 12.0 Å². The number of amides is 2. The average molecular weight is 450 g/mol. The molecule has 13 heteroatoms. The number of benzene rings is 1. The molecular weight excluding hydrogens is 434 g/mol. The van der Waals surface area contributed by atoms with Crippen molar-refractivity contribution in [3.8, 4) is 0 Å². The molecule has 0 fully saturated rings. The molecule has 7 nitrogen and oxygen atoms in total. The molecule has 0 bridgehead atoms. The fourth-order valence-corrected chi connectivity index (χ4v) is 3.00. The van der Waals surface area contributed by atoms with E-state index in [2.05, 4.69) is 10.4 Å². The number of halogens is 6. The molecule has 1 N–H and O–H groups in total. The maximum atomic E-state index is 12.9. The molecule has 0 saturated heterocycles. The van der Waals surface area contributed by atoms with Gasteiger partial charge in [-0.3, -0.25) is 9.48 Å². The first-order valence-corrected chi connectivity index (χ1v) is 8.87. The second-order valence-electron chi connectivity index (χ2n) is 6.71. The summed E-state index contributed by atoms with van der Waals surface area (Å²) in [5.74, 6) is -0.416. The van der Waals surface area contributed by atoms with Gasteiger partial charge in [-0.15, -0.1) is 0 Å². The lowest BCUT2D eigenvalue weighted by molar-refractivity contribution is -0.143. The summed E-state index contributed by atoms with van der Waals surface area (Å²) in [4.78, 5) is 25.2. The molecule has 31 heavy (non-hydrogen) atoms. The fraction of sp³-hybridized carbons (Fsp3) is 0.389. The molecular formula is C18H16F6N4O3. The van der Waals surface area contributed by atoms with Crippen LogP contribution in [0.2, 0.25) is 0 Å². The molecule has 1 aromatic carbocycles. The zero-order chi connectivity index (χ0) is 23.0.